The number of aryl methyl sites for hydroxylation is 1. The first-order valence-corrected chi connectivity index (χ1v) is 10.2. The van der Waals surface area contributed by atoms with E-state index in [9.17, 15) is 14.7 Å². The number of amides is 1. The Balaban J connectivity index is 1.98. The van der Waals surface area contributed by atoms with E-state index in [0.29, 0.717) is 10.5 Å². The number of aromatic nitrogens is 1. The van der Waals surface area contributed by atoms with Crippen molar-refractivity contribution in [2.75, 3.05) is 13.1 Å². The molecule has 0 saturated carbocycles. The highest BCUT2D eigenvalue weighted by atomic mass is 35.5. The average molecular weight is 402 g/mol. The summed E-state index contributed by atoms with van der Waals surface area (Å²) in [5.41, 5.74) is 9.09. The van der Waals surface area contributed by atoms with E-state index in [-0.39, 0.29) is 18.0 Å². The SMILES string of the molecule is NC(=O)CC(c1cc(C(=O)O)cc2nc3c(c(Cl)c12)CCCC3)N1CCCC1. The summed E-state index contributed by atoms with van der Waals surface area (Å²) >= 11 is 6.86. The predicted octanol–water partition coefficient (Wildman–Crippen LogP) is 3.48. The number of halogens is 1. The summed E-state index contributed by atoms with van der Waals surface area (Å²) < 4.78 is 0. The van der Waals surface area contributed by atoms with Crippen LogP contribution < -0.4 is 5.73 Å². The molecule has 1 aliphatic carbocycles. The molecule has 7 heteroatoms. The molecule has 1 aliphatic heterocycles. The minimum atomic E-state index is -1.02. The van der Waals surface area contributed by atoms with Crippen molar-refractivity contribution in [2.45, 2.75) is 51.0 Å². The molecule has 0 radical (unpaired) electrons. The quantitative estimate of drug-likeness (QED) is 0.799. The van der Waals surface area contributed by atoms with Gasteiger partial charge in [0.15, 0.2) is 0 Å². The largest absolute Gasteiger partial charge is 0.478 e. The van der Waals surface area contributed by atoms with E-state index in [4.69, 9.17) is 22.3 Å². The fraction of sp³-hybridized carbons (Fsp3) is 0.476. The smallest absolute Gasteiger partial charge is 0.335 e. The van der Waals surface area contributed by atoms with Gasteiger partial charge in [-0.25, -0.2) is 4.79 Å². The number of hydrogen-bond donors (Lipinski definition) is 2. The Morgan fingerprint density at radius 2 is 1.89 bits per heavy atom. The van der Waals surface area contributed by atoms with Crippen molar-refractivity contribution in [3.63, 3.8) is 0 Å². The highest BCUT2D eigenvalue weighted by Crippen LogP contribution is 2.40. The van der Waals surface area contributed by atoms with Crippen LogP contribution >= 0.6 is 11.6 Å². The third-order valence-corrected chi connectivity index (χ3v) is 6.33. The lowest BCUT2D eigenvalue weighted by Crippen LogP contribution is -2.30. The molecule has 4 rings (SSSR count). The zero-order chi connectivity index (χ0) is 19.8. The summed E-state index contributed by atoms with van der Waals surface area (Å²) in [6, 6.07) is 2.95. The summed E-state index contributed by atoms with van der Waals surface area (Å²) in [5, 5.41) is 11.1. The molecule has 1 saturated heterocycles. The normalized spacial score (nSPS) is 18.2. The van der Waals surface area contributed by atoms with Gasteiger partial charge in [0.05, 0.1) is 16.1 Å². The van der Waals surface area contributed by atoms with Gasteiger partial charge in [0.2, 0.25) is 5.91 Å². The molecule has 2 aliphatic rings. The van der Waals surface area contributed by atoms with Crippen molar-refractivity contribution in [3.8, 4) is 0 Å². The molecule has 148 valence electrons. The molecule has 0 spiro atoms. The fourth-order valence-corrected chi connectivity index (χ4v) is 5.00. The molecule has 1 fully saturated rings. The molecule has 3 N–H and O–H groups in total. The zero-order valence-electron chi connectivity index (χ0n) is 15.7. The van der Waals surface area contributed by atoms with E-state index >= 15 is 0 Å². The number of carboxylic acid groups (broad SMARTS) is 1. The van der Waals surface area contributed by atoms with E-state index in [1.54, 1.807) is 12.1 Å². The van der Waals surface area contributed by atoms with E-state index in [1.807, 2.05) is 0 Å². The molecule has 28 heavy (non-hydrogen) atoms. The second-order valence-electron chi connectivity index (χ2n) is 7.75. The van der Waals surface area contributed by atoms with Gasteiger partial charge in [-0.05, 0) is 74.9 Å². The second kappa shape index (κ2) is 7.68. The number of rotatable bonds is 5. The van der Waals surface area contributed by atoms with Crippen LogP contribution in [0, 0.1) is 0 Å². The van der Waals surface area contributed by atoms with E-state index < -0.39 is 11.9 Å². The van der Waals surface area contributed by atoms with Crippen LogP contribution in [0.15, 0.2) is 12.1 Å². The van der Waals surface area contributed by atoms with Crippen molar-refractivity contribution < 1.29 is 14.7 Å². The Morgan fingerprint density at radius 1 is 1.18 bits per heavy atom. The number of carbonyl (C=O) groups excluding carboxylic acids is 1. The van der Waals surface area contributed by atoms with Crippen LogP contribution in [-0.4, -0.2) is 40.0 Å². The maximum absolute atomic E-state index is 11.8. The number of nitrogens with two attached hydrogens (primary N) is 1. The minimum absolute atomic E-state index is 0.131. The first-order valence-electron chi connectivity index (χ1n) is 9.86. The van der Waals surface area contributed by atoms with Crippen LogP contribution in [0.4, 0.5) is 0 Å². The lowest BCUT2D eigenvalue weighted by atomic mass is 9.90. The highest BCUT2D eigenvalue weighted by Gasteiger charge is 2.30. The van der Waals surface area contributed by atoms with Gasteiger partial charge in [-0.15, -0.1) is 0 Å². The molecule has 0 bridgehead atoms. The third-order valence-electron chi connectivity index (χ3n) is 5.91. The Bertz CT molecular complexity index is 954. The monoisotopic (exact) mass is 401 g/mol. The maximum atomic E-state index is 11.8. The van der Waals surface area contributed by atoms with Gasteiger partial charge < -0.3 is 10.8 Å². The summed E-state index contributed by atoms with van der Waals surface area (Å²) in [7, 11) is 0. The molecular weight excluding hydrogens is 378 g/mol. The number of primary amides is 1. The molecular formula is C21H24ClN3O3. The number of likely N-dealkylation sites (tertiary alicyclic amines) is 1. The lowest BCUT2D eigenvalue weighted by molar-refractivity contribution is -0.119. The van der Waals surface area contributed by atoms with E-state index in [1.165, 1.54) is 0 Å². The topological polar surface area (TPSA) is 96.5 Å². The number of benzene rings is 1. The maximum Gasteiger partial charge on any atom is 0.335 e. The van der Waals surface area contributed by atoms with E-state index in [2.05, 4.69) is 4.90 Å². The van der Waals surface area contributed by atoms with Crippen molar-refractivity contribution in [1.82, 2.24) is 9.88 Å². The van der Waals surface area contributed by atoms with Gasteiger partial charge in [-0.3, -0.25) is 14.7 Å². The van der Waals surface area contributed by atoms with Crippen LogP contribution in [0.3, 0.4) is 0 Å². The summed E-state index contributed by atoms with van der Waals surface area (Å²) in [6.07, 6.45) is 6.09. The Morgan fingerprint density at radius 3 is 2.57 bits per heavy atom. The van der Waals surface area contributed by atoms with Gasteiger partial charge in [-0.2, -0.15) is 0 Å². The molecule has 6 nitrogen and oxygen atoms in total. The van der Waals surface area contributed by atoms with Gasteiger partial charge in [0, 0.05) is 23.5 Å². The van der Waals surface area contributed by atoms with Crippen molar-refractivity contribution in [1.29, 1.82) is 0 Å². The Labute approximate surface area is 168 Å². The van der Waals surface area contributed by atoms with Crippen molar-refractivity contribution >= 4 is 34.4 Å². The van der Waals surface area contributed by atoms with E-state index in [0.717, 1.165) is 73.8 Å². The molecule has 1 unspecified atom stereocenters. The van der Waals surface area contributed by atoms with Crippen LogP contribution in [0.1, 0.15) is 65.3 Å². The highest BCUT2D eigenvalue weighted by molar-refractivity contribution is 6.36. The van der Waals surface area contributed by atoms with Crippen molar-refractivity contribution in [3.05, 3.63) is 39.5 Å². The summed E-state index contributed by atoms with van der Waals surface area (Å²) in [5.74, 6) is -1.43. The van der Waals surface area contributed by atoms with Gasteiger partial charge in [0.1, 0.15) is 0 Å². The number of fused-ring (bicyclic) bond motifs is 2. The standard InChI is InChI=1S/C21H24ClN3O3/c22-20-13-5-1-2-6-15(13)24-16-10-12(21(27)28)9-14(19(16)20)17(11-18(23)26)25-7-3-4-8-25/h9-10,17H,1-8,11H2,(H2,23,26)(H,27,28). The third kappa shape index (κ3) is 3.47. The van der Waals surface area contributed by atoms with Gasteiger partial charge in [-0.1, -0.05) is 11.6 Å². The van der Waals surface area contributed by atoms with Gasteiger partial charge in [0.25, 0.3) is 0 Å². The van der Waals surface area contributed by atoms with Crippen LogP contribution in [0.5, 0.6) is 0 Å². The first-order chi connectivity index (χ1) is 13.5. The number of hydrogen-bond acceptors (Lipinski definition) is 4. The molecule has 1 atom stereocenters. The summed E-state index contributed by atoms with van der Waals surface area (Å²) in [6.45, 7) is 1.71. The van der Waals surface area contributed by atoms with Crippen molar-refractivity contribution in [2.24, 2.45) is 5.73 Å². The number of pyridine rings is 1. The number of carbonyl (C=O) groups is 2. The number of nitrogens with zero attached hydrogens (tertiary/aromatic N) is 2. The minimum Gasteiger partial charge on any atom is -0.478 e. The molecule has 1 aromatic carbocycles. The zero-order valence-corrected chi connectivity index (χ0v) is 16.5. The van der Waals surface area contributed by atoms with Gasteiger partial charge >= 0.3 is 5.97 Å². The Kier molecular flexibility index (Phi) is 5.25. The number of carboxylic acids is 1. The molecule has 2 aromatic rings. The predicted molar refractivity (Wildman–Crippen MR) is 108 cm³/mol. The van der Waals surface area contributed by atoms with Crippen LogP contribution in [0.2, 0.25) is 5.02 Å². The second-order valence-corrected chi connectivity index (χ2v) is 8.13. The molecule has 1 aromatic heterocycles. The Hall–Kier alpha value is -2.18. The first kappa shape index (κ1) is 19.2. The number of aromatic carboxylic acids is 1. The molecule has 2 heterocycles. The van der Waals surface area contributed by atoms with Crippen LogP contribution in [0.25, 0.3) is 10.9 Å². The molecule has 1 amide bonds. The lowest BCUT2D eigenvalue weighted by Gasteiger charge is -2.29. The van der Waals surface area contributed by atoms with Crippen LogP contribution in [-0.2, 0) is 17.6 Å². The average Bonchev–Trinajstić information content (AvgIpc) is 3.19. The fourth-order valence-electron chi connectivity index (χ4n) is 4.59. The summed E-state index contributed by atoms with van der Waals surface area (Å²) in [4.78, 5) is 30.6.